The van der Waals surface area contributed by atoms with Gasteiger partial charge in [0.1, 0.15) is 5.69 Å². The molecule has 0 spiro atoms. The average molecular weight is 341 g/mol. The van der Waals surface area contributed by atoms with Crippen molar-refractivity contribution < 1.29 is 14.5 Å². The van der Waals surface area contributed by atoms with Gasteiger partial charge in [-0.3, -0.25) is 14.9 Å². The molecule has 1 fully saturated rings. The fraction of sp³-hybridized carbons (Fsp3) is 0.278. The molecule has 2 aromatic carbocycles. The van der Waals surface area contributed by atoms with Crippen LogP contribution in [0.3, 0.4) is 0 Å². The van der Waals surface area contributed by atoms with Crippen molar-refractivity contribution in [3.63, 3.8) is 0 Å². The Kier molecular flexibility index (Phi) is 4.95. The van der Waals surface area contributed by atoms with Crippen LogP contribution < -0.4 is 10.2 Å². The first-order chi connectivity index (χ1) is 12.1. The minimum atomic E-state index is -0.422. The van der Waals surface area contributed by atoms with Crippen LogP contribution in [0.15, 0.2) is 42.5 Å². The summed E-state index contributed by atoms with van der Waals surface area (Å²) in [4.78, 5) is 25.4. The van der Waals surface area contributed by atoms with E-state index in [-0.39, 0.29) is 11.6 Å². The molecule has 0 aromatic heterocycles. The molecule has 1 saturated heterocycles. The van der Waals surface area contributed by atoms with E-state index in [0.29, 0.717) is 43.2 Å². The number of nitro groups is 1. The molecule has 1 N–H and O–H groups in total. The minimum absolute atomic E-state index is 0.0236. The lowest BCUT2D eigenvalue weighted by molar-refractivity contribution is -0.384. The molecule has 0 saturated carbocycles. The summed E-state index contributed by atoms with van der Waals surface area (Å²) in [5, 5.41) is 14.2. The Balaban J connectivity index is 1.85. The summed E-state index contributed by atoms with van der Waals surface area (Å²) >= 11 is 0. The maximum atomic E-state index is 12.4. The van der Waals surface area contributed by atoms with Crippen LogP contribution in [-0.2, 0) is 4.74 Å². The van der Waals surface area contributed by atoms with Crippen LogP contribution in [0.4, 0.5) is 17.1 Å². The van der Waals surface area contributed by atoms with Gasteiger partial charge in [-0.05, 0) is 30.7 Å². The molecule has 25 heavy (non-hydrogen) atoms. The average Bonchev–Trinajstić information content (AvgIpc) is 2.62. The Morgan fingerprint density at radius 1 is 1.20 bits per heavy atom. The Morgan fingerprint density at radius 3 is 2.60 bits per heavy atom. The number of morpholine rings is 1. The number of carbonyl (C=O) groups is 1. The highest BCUT2D eigenvalue weighted by Crippen LogP contribution is 2.31. The first-order valence-electron chi connectivity index (χ1n) is 8.04. The predicted molar refractivity (Wildman–Crippen MR) is 95.3 cm³/mol. The van der Waals surface area contributed by atoms with Crippen molar-refractivity contribution >= 4 is 23.0 Å². The molecule has 0 radical (unpaired) electrons. The predicted octanol–water partition coefficient (Wildman–Crippen LogP) is 2.99. The van der Waals surface area contributed by atoms with Crippen LogP contribution in [0.5, 0.6) is 0 Å². The number of carbonyl (C=O) groups excluding carboxylic acids is 1. The molecule has 130 valence electrons. The van der Waals surface area contributed by atoms with Gasteiger partial charge in [0.25, 0.3) is 11.6 Å². The van der Waals surface area contributed by atoms with Gasteiger partial charge in [-0.15, -0.1) is 0 Å². The molecule has 3 rings (SSSR count). The SMILES string of the molecule is Cc1ccccc1C(=O)Nc1ccc(N2CCOCC2)c([N+](=O)[O-])c1. The quantitative estimate of drug-likeness (QED) is 0.682. The van der Waals surface area contributed by atoms with Crippen molar-refractivity contribution in [3.05, 3.63) is 63.7 Å². The first-order valence-corrected chi connectivity index (χ1v) is 8.04. The van der Waals surface area contributed by atoms with Crippen molar-refractivity contribution in [1.82, 2.24) is 0 Å². The first kappa shape index (κ1) is 16.9. The lowest BCUT2D eigenvalue weighted by Crippen LogP contribution is -2.36. The van der Waals surface area contributed by atoms with Gasteiger partial charge in [0.05, 0.1) is 18.1 Å². The second-order valence-corrected chi connectivity index (χ2v) is 5.83. The number of aryl methyl sites for hydroxylation is 1. The zero-order valence-corrected chi connectivity index (χ0v) is 13.9. The molecule has 0 atom stereocenters. The lowest BCUT2D eigenvalue weighted by Gasteiger charge is -2.28. The van der Waals surface area contributed by atoms with Crippen LogP contribution >= 0.6 is 0 Å². The summed E-state index contributed by atoms with van der Waals surface area (Å²) < 4.78 is 5.29. The number of amides is 1. The zero-order chi connectivity index (χ0) is 17.8. The fourth-order valence-electron chi connectivity index (χ4n) is 2.85. The molecule has 7 heteroatoms. The molecular weight excluding hydrogens is 322 g/mol. The fourth-order valence-corrected chi connectivity index (χ4v) is 2.85. The molecule has 1 aliphatic heterocycles. The number of nitrogens with one attached hydrogen (secondary N) is 1. The lowest BCUT2D eigenvalue weighted by atomic mass is 10.1. The largest absolute Gasteiger partial charge is 0.378 e. The molecule has 0 bridgehead atoms. The number of benzene rings is 2. The van der Waals surface area contributed by atoms with Crippen LogP contribution in [0.25, 0.3) is 0 Å². The smallest absolute Gasteiger partial charge is 0.294 e. The Hall–Kier alpha value is -2.93. The molecule has 1 aliphatic rings. The number of ether oxygens (including phenoxy) is 1. The van der Waals surface area contributed by atoms with E-state index in [1.165, 1.54) is 6.07 Å². The van der Waals surface area contributed by atoms with Gasteiger partial charge in [0.15, 0.2) is 0 Å². The summed E-state index contributed by atoms with van der Waals surface area (Å²) in [6.07, 6.45) is 0. The van der Waals surface area contributed by atoms with E-state index in [2.05, 4.69) is 5.32 Å². The zero-order valence-electron chi connectivity index (χ0n) is 13.9. The maximum absolute atomic E-state index is 12.4. The van der Waals surface area contributed by atoms with E-state index < -0.39 is 4.92 Å². The third-order valence-corrected chi connectivity index (χ3v) is 4.17. The standard InChI is InChI=1S/C18H19N3O4/c1-13-4-2-3-5-15(13)18(22)19-14-6-7-16(17(12-14)21(23)24)20-8-10-25-11-9-20/h2-7,12H,8-11H2,1H3,(H,19,22). The Morgan fingerprint density at radius 2 is 1.92 bits per heavy atom. The minimum Gasteiger partial charge on any atom is -0.378 e. The number of hydrogen-bond acceptors (Lipinski definition) is 5. The van der Waals surface area contributed by atoms with Crippen LogP contribution in [-0.4, -0.2) is 37.1 Å². The van der Waals surface area contributed by atoms with Gasteiger partial charge in [-0.2, -0.15) is 0 Å². The number of nitro benzene ring substituents is 1. The molecule has 0 aliphatic carbocycles. The molecule has 7 nitrogen and oxygen atoms in total. The van der Waals surface area contributed by atoms with Crippen LogP contribution in [0, 0.1) is 17.0 Å². The molecule has 1 heterocycles. The van der Waals surface area contributed by atoms with Gasteiger partial charge in [0.2, 0.25) is 0 Å². The molecule has 2 aromatic rings. The van der Waals surface area contributed by atoms with Crippen molar-refractivity contribution in [3.8, 4) is 0 Å². The third kappa shape index (κ3) is 3.77. The van der Waals surface area contributed by atoms with Gasteiger partial charge in [0, 0.05) is 30.4 Å². The highest BCUT2D eigenvalue weighted by molar-refractivity contribution is 6.05. The molecule has 0 unspecified atom stereocenters. The number of nitrogens with zero attached hydrogens (tertiary/aromatic N) is 2. The Bertz CT molecular complexity index is 801. The van der Waals surface area contributed by atoms with Gasteiger partial charge >= 0.3 is 0 Å². The van der Waals surface area contributed by atoms with E-state index >= 15 is 0 Å². The normalized spacial score (nSPS) is 14.2. The third-order valence-electron chi connectivity index (χ3n) is 4.17. The van der Waals surface area contributed by atoms with Crippen LogP contribution in [0.1, 0.15) is 15.9 Å². The highest BCUT2D eigenvalue weighted by Gasteiger charge is 2.22. The summed E-state index contributed by atoms with van der Waals surface area (Å²) in [6.45, 7) is 4.15. The summed E-state index contributed by atoms with van der Waals surface area (Å²) in [6, 6.07) is 12.0. The van der Waals surface area contributed by atoms with E-state index in [9.17, 15) is 14.9 Å². The monoisotopic (exact) mass is 341 g/mol. The van der Waals surface area contributed by atoms with Gasteiger partial charge < -0.3 is 15.0 Å². The summed E-state index contributed by atoms with van der Waals surface area (Å²) in [5.41, 5.74) is 2.31. The van der Waals surface area contributed by atoms with E-state index in [0.717, 1.165) is 5.56 Å². The van der Waals surface area contributed by atoms with Crippen molar-refractivity contribution in [2.24, 2.45) is 0 Å². The number of hydrogen-bond donors (Lipinski definition) is 1. The van der Waals surface area contributed by atoms with Gasteiger partial charge in [-0.1, -0.05) is 18.2 Å². The van der Waals surface area contributed by atoms with Crippen LogP contribution in [0.2, 0.25) is 0 Å². The summed E-state index contributed by atoms with van der Waals surface area (Å²) in [5.74, 6) is -0.286. The highest BCUT2D eigenvalue weighted by atomic mass is 16.6. The van der Waals surface area contributed by atoms with E-state index in [1.807, 2.05) is 24.0 Å². The second kappa shape index (κ2) is 7.31. The van der Waals surface area contributed by atoms with E-state index in [1.54, 1.807) is 24.3 Å². The number of rotatable bonds is 4. The topological polar surface area (TPSA) is 84.7 Å². The Labute approximate surface area is 145 Å². The van der Waals surface area contributed by atoms with Crippen molar-refractivity contribution in [2.75, 3.05) is 36.5 Å². The van der Waals surface area contributed by atoms with Gasteiger partial charge in [-0.25, -0.2) is 0 Å². The molecule has 1 amide bonds. The summed E-state index contributed by atoms with van der Waals surface area (Å²) in [7, 11) is 0. The number of anilines is 2. The maximum Gasteiger partial charge on any atom is 0.294 e. The second-order valence-electron chi connectivity index (χ2n) is 5.83. The van der Waals surface area contributed by atoms with E-state index in [4.69, 9.17) is 4.74 Å². The molecular formula is C18H19N3O4. The van der Waals surface area contributed by atoms with Crippen molar-refractivity contribution in [2.45, 2.75) is 6.92 Å². The van der Waals surface area contributed by atoms with Crippen molar-refractivity contribution in [1.29, 1.82) is 0 Å².